The zero-order valence-corrected chi connectivity index (χ0v) is 11.4. The maximum Gasteiger partial charge on any atom is 0.270 e. The van der Waals surface area contributed by atoms with Crippen LogP contribution in [0.2, 0.25) is 0 Å². The zero-order valence-electron chi connectivity index (χ0n) is 11.4. The van der Waals surface area contributed by atoms with Crippen LogP contribution in [0.4, 0.5) is 5.69 Å². The predicted molar refractivity (Wildman–Crippen MR) is 74.3 cm³/mol. The largest absolute Gasteiger partial charge is 0.379 e. The van der Waals surface area contributed by atoms with E-state index in [0.717, 1.165) is 23.9 Å². The van der Waals surface area contributed by atoms with Crippen LogP contribution < -0.4 is 0 Å². The normalized spacial score (nSPS) is 11.9. The summed E-state index contributed by atoms with van der Waals surface area (Å²) in [7, 11) is 1.71. The van der Waals surface area contributed by atoms with Crippen molar-refractivity contribution in [2.24, 2.45) is 0 Å². The third-order valence-electron chi connectivity index (χ3n) is 3.47. The monoisotopic (exact) mass is 262 g/mol. The van der Waals surface area contributed by atoms with Crippen molar-refractivity contribution in [3.05, 3.63) is 40.6 Å². The Balaban J connectivity index is 2.24. The Labute approximate surface area is 111 Å². The maximum atomic E-state index is 10.7. The second kappa shape index (κ2) is 5.01. The van der Waals surface area contributed by atoms with Gasteiger partial charge in [0.1, 0.15) is 0 Å². The maximum absolute atomic E-state index is 10.7. The van der Waals surface area contributed by atoms with Crippen LogP contribution in [0.1, 0.15) is 20.3 Å². The van der Waals surface area contributed by atoms with E-state index < -0.39 is 0 Å². The molecule has 0 fully saturated rings. The number of non-ortho nitro benzene ring substituents is 1. The van der Waals surface area contributed by atoms with Crippen molar-refractivity contribution in [3.8, 4) is 0 Å². The van der Waals surface area contributed by atoms with Crippen LogP contribution >= 0.6 is 0 Å². The van der Waals surface area contributed by atoms with Crippen LogP contribution in [0.5, 0.6) is 0 Å². The number of benzene rings is 1. The minimum absolute atomic E-state index is 0.127. The molecule has 0 saturated heterocycles. The summed E-state index contributed by atoms with van der Waals surface area (Å²) < 4.78 is 7.49. The lowest BCUT2D eigenvalue weighted by atomic mass is 10.1. The second-order valence-corrected chi connectivity index (χ2v) is 5.22. The van der Waals surface area contributed by atoms with E-state index in [0.29, 0.717) is 0 Å². The fraction of sp³-hybridized carbons (Fsp3) is 0.429. The summed E-state index contributed by atoms with van der Waals surface area (Å²) in [5.74, 6) is 0. The highest BCUT2D eigenvalue weighted by molar-refractivity contribution is 5.82. The third kappa shape index (κ3) is 2.93. The molecule has 2 aromatic rings. The first kappa shape index (κ1) is 13.5. The average molecular weight is 262 g/mol. The first-order valence-electron chi connectivity index (χ1n) is 6.21. The topological polar surface area (TPSA) is 57.3 Å². The van der Waals surface area contributed by atoms with E-state index in [1.54, 1.807) is 25.3 Å². The van der Waals surface area contributed by atoms with Gasteiger partial charge in [0.05, 0.1) is 10.5 Å². The summed E-state index contributed by atoms with van der Waals surface area (Å²) in [6.45, 7) is 4.91. The van der Waals surface area contributed by atoms with Gasteiger partial charge in [-0.05, 0) is 32.4 Å². The molecule has 5 nitrogen and oxygen atoms in total. The highest BCUT2D eigenvalue weighted by atomic mass is 16.6. The van der Waals surface area contributed by atoms with Gasteiger partial charge in [0.15, 0.2) is 0 Å². The molecule has 102 valence electrons. The van der Waals surface area contributed by atoms with Gasteiger partial charge in [0.2, 0.25) is 0 Å². The highest BCUT2D eigenvalue weighted by Gasteiger charge is 2.16. The molecule has 0 radical (unpaired) electrons. The SMILES string of the molecule is COC(C)(C)CCn1ccc2cc([N+](=O)[O-])ccc21. The van der Waals surface area contributed by atoms with Crippen LogP contribution in [0.25, 0.3) is 10.9 Å². The fourth-order valence-electron chi connectivity index (χ4n) is 1.99. The molecule has 0 unspecified atom stereocenters. The number of nitro benzene ring substituents is 1. The Morgan fingerprint density at radius 2 is 2.11 bits per heavy atom. The Kier molecular flexibility index (Phi) is 3.57. The number of nitro groups is 1. The lowest BCUT2D eigenvalue weighted by Crippen LogP contribution is -2.24. The van der Waals surface area contributed by atoms with Gasteiger partial charge in [-0.3, -0.25) is 10.1 Å². The van der Waals surface area contributed by atoms with E-state index in [1.165, 1.54) is 0 Å². The number of rotatable bonds is 5. The number of nitrogens with zero attached hydrogens (tertiary/aromatic N) is 2. The van der Waals surface area contributed by atoms with Crippen molar-refractivity contribution in [2.45, 2.75) is 32.4 Å². The van der Waals surface area contributed by atoms with Gasteiger partial charge in [-0.1, -0.05) is 0 Å². The van der Waals surface area contributed by atoms with Crippen molar-refractivity contribution in [1.29, 1.82) is 0 Å². The summed E-state index contributed by atoms with van der Waals surface area (Å²) in [5, 5.41) is 11.6. The van der Waals surface area contributed by atoms with Crippen molar-refractivity contribution < 1.29 is 9.66 Å². The van der Waals surface area contributed by atoms with Crippen LogP contribution in [0.15, 0.2) is 30.5 Å². The van der Waals surface area contributed by atoms with Gasteiger partial charge in [0.25, 0.3) is 5.69 Å². The van der Waals surface area contributed by atoms with Gasteiger partial charge >= 0.3 is 0 Å². The smallest absolute Gasteiger partial charge is 0.270 e. The number of aromatic nitrogens is 1. The van der Waals surface area contributed by atoms with E-state index in [4.69, 9.17) is 4.74 Å². The van der Waals surface area contributed by atoms with E-state index >= 15 is 0 Å². The quantitative estimate of drug-likeness (QED) is 0.613. The van der Waals surface area contributed by atoms with Crippen LogP contribution in [-0.4, -0.2) is 22.2 Å². The van der Waals surface area contributed by atoms with Gasteiger partial charge in [-0.25, -0.2) is 0 Å². The first-order chi connectivity index (χ1) is 8.93. The molecule has 0 bridgehead atoms. The molecular formula is C14H18N2O3. The van der Waals surface area contributed by atoms with E-state index in [9.17, 15) is 10.1 Å². The van der Waals surface area contributed by atoms with Crippen LogP contribution in [0, 0.1) is 10.1 Å². The molecule has 0 aliphatic carbocycles. The molecule has 0 N–H and O–H groups in total. The summed E-state index contributed by atoms with van der Waals surface area (Å²) in [5.41, 5.74) is 0.970. The second-order valence-electron chi connectivity index (χ2n) is 5.22. The Morgan fingerprint density at radius 3 is 2.74 bits per heavy atom. The van der Waals surface area contributed by atoms with Crippen LogP contribution in [-0.2, 0) is 11.3 Å². The summed E-state index contributed by atoms with van der Waals surface area (Å²) in [6.07, 6.45) is 2.84. The van der Waals surface area contributed by atoms with Gasteiger partial charge in [0, 0.05) is 42.9 Å². The molecule has 1 heterocycles. The molecule has 2 rings (SSSR count). The van der Waals surface area contributed by atoms with Gasteiger partial charge < -0.3 is 9.30 Å². The molecule has 5 heteroatoms. The van der Waals surface area contributed by atoms with Crippen molar-refractivity contribution >= 4 is 16.6 Å². The van der Waals surface area contributed by atoms with Crippen molar-refractivity contribution in [3.63, 3.8) is 0 Å². The number of ether oxygens (including phenoxy) is 1. The first-order valence-corrected chi connectivity index (χ1v) is 6.21. The van der Waals surface area contributed by atoms with E-state index in [2.05, 4.69) is 4.57 Å². The summed E-state index contributed by atoms with van der Waals surface area (Å²) in [6, 6.07) is 6.85. The summed E-state index contributed by atoms with van der Waals surface area (Å²) >= 11 is 0. The molecule has 1 aromatic carbocycles. The molecule has 0 spiro atoms. The van der Waals surface area contributed by atoms with Gasteiger partial charge in [-0.15, -0.1) is 0 Å². The van der Waals surface area contributed by atoms with E-state index in [-0.39, 0.29) is 16.2 Å². The standard InChI is InChI=1S/C14H18N2O3/c1-14(2,19-3)7-9-15-8-6-11-10-12(16(17)18)4-5-13(11)15/h4-6,8,10H,7,9H2,1-3H3. The minimum atomic E-state index is -0.370. The van der Waals surface area contributed by atoms with Gasteiger partial charge in [-0.2, -0.15) is 0 Å². The fourth-order valence-corrected chi connectivity index (χ4v) is 1.99. The molecule has 0 amide bonds. The molecule has 19 heavy (non-hydrogen) atoms. The number of hydrogen-bond acceptors (Lipinski definition) is 3. The number of aryl methyl sites for hydroxylation is 1. The Morgan fingerprint density at radius 1 is 1.37 bits per heavy atom. The summed E-state index contributed by atoms with van der Waals surface area (Å²) in [4.78, 5) is 10.4. The Hall–Kier alpha value is -1.88. The highest BCUT2D eigenvalue weighted by Crippen LogP contribution is 2.23. The van der Waals surface area contributed by atoms with Crippen LogP contribution in [0.3, 0.4) is 0 Å². The Bertz CT molecular complexity index is 602. The number of hydrogen-bond donors (Lipinski definition) is 0. The number of methoxy groups -OCH3 is 1. The molecule has 0 atom stereocenters. The molecule has 0 saturated carbocycles. The van der Waals surface area contributed by atoms with Crippen molar-refractivity contribution in [1.82, 2.24) is 4.57 Å². The average Bonchev–Trinajstić information content (AvgIpc) is 2.78. The molecule has 0 aliphatic heterocycles. The van der Waals surface area contributed by atoms with E-state index in [1.807, 2.05) is 26.1 Å². The predicted octanol–water partition coefficient (Wildman–Crippen LogP) is 3.36. The molecular weight excluding hydrogens is 244 g/mol. The molecule has 1 aromatic heterocycles. The zero-order chi connectivity index (χ0) is 14.0. The minimum Gasteiger partial charge on any atom is -0.379 e. The third-order valence-corrected chi connectivity index (χ3v) is 3.47. The number of fused-ring (bicyclic) bond motifs is 1. The lowest BCUT2D eigenvalue weighted by Gasteiger charge is -2.23. The lowest BCUT2D eigenvalue weighted by molar-refractivity contribution is -0.384. The molecule has 0 aliphatic rings. The van der Waals surface area contributed by atoms with Crippen molar-refractivity contribution in [2.75, 3.05) is 7.11 Å².